The van der Waals surface area contributed by atoms with Gasteiger partial charge in [0, 0.05) is 23.5 Å². The van der Waals surface area contributed by atoms with Gasteiger partial charge in [-0.1, -0.05) is 52.3 Å². The molecule has 1 heterocycles. The van der Waals surface area contributed by atoms with Crippen molar-refractivity contribution >= 4 is 15.9 Å². The highest BCUT2D eigenvalue weighted by Gasteiger charge is 2.41. The zero-order chi connectivity index (χ0) is 16.4. The number of aryl methyl sites for hydroxylation is 1. The zero-order valence-electron chi connectivity index (χ0n) is 13.2. The standard InChI is InChI=1S/C19H22BrNO2/c1-13-5-2-3-8-16(13)17-11-21(18(12-22)19(17)23)10-14-6-4-7-15(20)9-14/h2-9,17-19,22-23H,10-12H2,1H3/t17-,18-,19-/m1/s1. The normalized spacial score (nSPS) is 25.0. The lowest BCUT2D eigenvalue weighted by Gasteiger charge is -2.24. The third-order valence-corrected chi connectivity index (χ3v) is 5.25. The van der Waals surface area contributed by atoms with Crippen molar-refractivity contribution < 1.29 is 10.2 Å². The molecule has 0 spiro atoms. The van der Waals surface area contributed by atoms with Crippen LogP contribution in [0.2, 0.25) is 0 Å². The predicted molar refractivity (Wildman–Crippen MR) is 95.4 cm³/mol. The molecule has 4 heteroatoms. The highest BCUT2D eigenvalue weighted by Crippen LogP contribution is 2.34. The van der Waals surface area contributed by atoms with E-state index in [0.717, 1.165) is 17.6 Å². The van der Waals surface area contributed by atoms with Gasteiger partial charge in [-0.25, -0.2) is 0 Å². The molecule has 1 aliphatic rings. The van der Waals surface area contributed by atoms with Crippen LogP contribution in [0, 0.1) is 6.92 Å². The molecular weight excluding hydrogens is 354 g/mol. The summed E-state index contributed by atoms with van der Waals surface area (Å²) in [7, 11) is 0. The van der Waals surface area contributed by atoms with E-state index in [0.29, 0.717) is 0 Å². The second-order valence-electron chi connectivity index (χ2n) is 6.26. The van der Waals surface area contributed by atoms with Crippen molar-refractivity contribution in [1.29, 1.82) is 0 Å². The predicted octanol–water partition coefficient (Wildman–Crippen LogP) is 3.08. The Balaban J connectivity index is 1.83. The smallest absolute Gasteiger partial charge is 0.0798 e. The Morgan fingerprint density at radius 3 is 2.65 bits per heavy atom. The molecule has 3 rings (SSSR count). The first kappa shape index (κ1) is 16.7. The topological polar surface area (TPSA) is 43.7 Å². The number of nitrogens with zero attached hydrogens (tertiary/aromatic N) is 1. The molecule has 1 saturated heterocycles. The fourth-order valence-corrected chi connectivity index (χ4v) is 3.99. The lowest BCUT2D eigenvalue weighted by molar-refractivity contribution is 0.0640. The lowest BCUT2D eigenvalue weighted by atomic mass is 9.90. The van der Waals surface area contributed by atoms with Crippen LogP contribution in [0.15, 0.2) is 53.0 Å². The van der Waals surface area contributed by atoms with Gasteiger partial charge >= 0.3 is 0 Å². The van der Waals surface area contributed by atoms with Gasteiger partial charge < -0.3 is 10.2 Å². The number of aliphatic hydroxyl groups is 2. The highest BCUT2D eigenvalue weighted by atomic mass is 79.9. The fourth-order valence-electron chi connectivity index (χ4n) is 3.54. The molecular formula is C19H22BrNO2. The minimum atomic E-state index is -0.548. The number of hydrogen-bond acceptors (Lipinski definition) is 3. The molecule has 1 fully saturated rings. The van der Waals surface area contributed by atoms with E-state index in [4.69, 9.17) is 0 Å². The summed E-state index contributed by atoms with van der Waals surface area (Å²) in [6.45, 7) is 3.53. The molecule has 0 aliphatic carbocycles. The summed E-state index contributed by atoms with van der Waals surface area (Å²) in [5.74, 6) is 0.0421. The fraction of sp³-hybridized carbons (Fsp3) is 0.368. The Bertz CT molecular complexity index is 676. The molecule has 1 aliphatic heterocycles. The molecule has 3 nitrogen and oxygen atoms in total. The van der Waals surface area contributed by atoms with Gasteiger partial charge in [-0.05, 0) is 35.7 Å². The van der Waals surface area contributed by atoms with Gasteiger partial charge in [0.05, 0.1) is 18.8 Å². The van der Waals surface area contributed by atoms with Gasteiger partial charge in [-0.15, -0.1) is 0 Å². The van der Waals surface area contributed by atoms with Gasteiger partial charge in [0.15, 0.2) is 0 Å². The van der Waals surface area contributed by atoms with E-state index in [1.165, 1.54) is 16.7 Å². The van der Waals surface area contributed by atoms with Crippen LogP contribution in [0.3, 0.4) is 0 Å². The van der Waals surface area contributed by atoms with Crippen LogP contribution in [0.4, 0.5) is 0 Å². The summed E-state index contributed by atoms with van der Waals surface area (Å²) >= 11 is 3.50. The second kappa shape index (κ2) is 7.14. The van der Waals surface area contributed by atoms with E-state index in [1.54, 1.807) is 0 Å². The maximum atomic E-state index is 10.7. The van der Waals surface area contributed by atoms with Crippen molar-refractivity contribution in [2.24, 2.45) is 0 Å². The maximum absolute atomic E-state index is 10.7. The Labute approximate surface area is 145 Å². The van der Waals surface area contributed by atoms with Crippen molar-refractivity contribution in [3.8, 4) is 0 Å². The number of halogens is 1. The van der Waals surface area contributed by atoms with E-state index in [-0.39, 0.29) is 18.6 Å². The molecule has 23 heavy (non-hydrogen) atoms. The average Bonchev–Trinajstić information content (AvgIpc) is 2.83. The molecule has 2 N–H and O–H groups in total. The molecule has 0 bridgehead atoms. The lowest BCUT2D eigenvalue weighted by Crippen LogP contribution is -2.38. The third-order valence-electron chi connectivity index (χ3n) is 4.76. The van der Waals surface area contributed by atoms with Crippen LogP contribution >= 0.6 is 15.9 Å². The largest absolute Gasteiger partial charge is 0.395 e. The van der Waals surface area contributed by atoms with E-state index in [9.17, 15) is 10.2 Å². The number of rotatable bonds is 4. The van der Waals surface area contributed by atoms with Crippen LogP contribution in [-0.4, -0.2) is 40.4 Å². The highest BCUT2D eigenvalue weighted by molar-refractivity contribution is 9.10. The minimum Gasteiger partial charge on any atom is -0.395 e. The number of hydrogen-bond donors (Lipinski definition) is 2. The molecule has 2 aromatic carbocycles. The minimum absolute atomic E-state index is 0.0302. The Morgan fingerprint density at radius 1 is 1.17 bits per heavy atom. The second-order valence-corrected chi connectivity index (χ2v) is 7.18. The summed E-state index contributed by atoms with van der Waals surface area (Å²) in [6, 6.07) is 16.1. The summed E-state index contributed by atoms with van der Waals surface area (Å²) in [5.41, 5.74) is 3.54. The Kier molecular flexibility index (Phi) is 5.17. The molecule has 0 radical (unpaired) electrons. The van der Waals surface area contributed by atoms with Crippen LogP contribution in [0.5, 0.6) is 0 Å². The number of benzene rings is 2. The van der Waals surface area contributed by atoms with Crippen molar-refractivity contribution in [2.45, 2.75) is 31.5 Å². The molecule has 122 valence electrons. The Morgan fingerprint density at radius 2 is 1.96 bits per heavy atom. The summed E-state index contributed by atoms with van der Waals surface area (Å²) in [6.07, 6.45) is -0.548. The van der Waals surface area contributed by atoms with Crippen molar-refractivity contribution in [3.63, 3.8) is 0 Å². The molecule has 3 atom stereocenters. The summed E-state index contributed by atoms with van der Waals surface area (Å²) < 4.78 is 1.05. The van der Waals surface area contributed by atoms with Gasteiger partial charge in [0.25, 0.3) is 0 Å². The van der Waals surface area contributed by atoms with Gasteiger partial charge in [0.1, 0.15) is 0 Å². The molecule has 0 saturated carbocycles. The van der Waals surface area contributed by atoms with Gasteiger partial charge in [-0.2, -0.15) is 0 Å². The summed E-state index contributed by atoms with van der Waals surface area (Å²) in [4.78, 5) is 2.18. The Hall–Kier alpha value is -1.20. The van der Waals surface area contributed by atoms with Crippen molar-refractivity contribution in [2.75, 3.05) is 13.2 Å². The van der Waals surface area contributed by atoms with Crippen molar-refractivity contribution in [3.05, 3.63) is 69.7 Å². The SMILES string of the molecule is Cc1ccccc1[C@H]1CN(Cc2cccc(Br)c2)[C@H](CO)[C@@H]1O. The van der Waals surface area contributed by atoms with Gasteiger partial charge in [-0.3, -0.25) is 4.90 Å². The third kappa shape index (κ3) is 3.50. The van der Waals surface area contributed by atoms with Crippen LogP contribution in [-0.2, 0) is 6.54 Å². The van der Waals surface area contributed by atoms with E-state index in [2.05, 4.69) is 52.0 Å². The summed E-state index contributed by atoms with van der Waals surface area (Å²) in [5, 5.41) is 20.5. The maximum Gasteiger partial charge on any atom is 0.0798 e. The van der Waals surface area contributed by atoms with Crippen molar-refractivity contribution in [1.82, 2.24) is 4.90 Å². The number of aliphatic hydroxyl groups excluding tert-OH is 2. The van der Waals surface area contributed by atoms with E-state index >= 15 is 0 Å². The van der Waals surface area contributed by atoms with E-state index < -0.39 is 6.10 Å². The first-order chi connectivity index (χ1) is 11.1. The molecule has 0 unspecified atom stereocenters. The quantitative estimate of drug-likeness (QED) is 0.862. The molecule has 0 aromatic heterocycles. The number of likely N-dealkylation sites (tertiary alicyclic amines) is 1. The average molecular weight is 376 g/mol. The molecule has 2 aromatic rings. The first-order valence-corrected chi connectivity index (χ1v) is 8.72. The van der Waals surface area contributed by atoms with E-state index in [1.807, 2.05) is 24.3 Å². The van der Waals surface area contributed by atoms with Crippen LogP contribution in [0.1, 0.15) is 22.6 Å². The molecule has 0 amide bonds. The first-order valence-electron chi connectivity index (χ1n) is 7.93. The van der Waals surface area contributed by atoms with Crippen LogP contribution in [0.25, 0.3) is 0 Å². The monoisotopic (exact) mass is 375 g/mol. The zero-order valence-corrected chi connectivity index (χ0v) is 14.8. The van der Waals surface area contributed by atoms with Gasteiger partial charge in [0.2, 0.25) is 0 Å². The van der Waals surface area contributed by atoms with Crippen LogP contribution < -0.4 is 0 Å².